The highest BCUT2D eigenvalue weighted by atomic mass is 19.1. The van der Waals surface area contributed by atoms with Gasteiger partial charge in [0.05, 0.1) is 16.8 Å². The monoisotopic (exact) mass is 561 g/mol. The van der Waals surface area contributed by atoms with E-state index in [-0.39, 0.29) is 29.2 Å². The molecule has 2 aromatic carbocycles. The van der Waals surface area contributed by atoms with Crippen LogP contribution in [-0.2, 0) is 9.59 Å². The summed E-state index contributed by atoms with van der Waals surface area (Å²) in [5, 5.41) is 10.4. The summed E-state index contributed by atoms with van der Waals surface area (Å²) in [7, 11) is 1.55. The molecule has 0 spiro atoms. The molecule has 10 heteroatoms. The van der Waals surface area contributed by atoms with E-state index in [2.05, 4.69) is 16.6 Å². The molecule has 8 nitrogen and oxygen atoms in total. The van der Waals surface area contributed by atoms with Gasteiger partial charge in [0.25, 0.3) is 0 Å². The molecule has 3 aromatic rings. The van der Waals surface area contributed by atoms with Crippen molar-refractivity contribution < 1.29 is 23.5 Å². The van der Waals surface area contributed by atoms with Crippen LogP contribution in [0.3, 0.4) is 0 Å². The summed E-state index contributed by atoms with van der Waals surface area (Å²) in [6, 6.07) is 11.9. The first-order valence-corrected chi connectivity index (χ1v) is 13.3. The first-order valence-electron chi connectivity index (χ1n) is 13.3. The third-order valence-corrected chi connectivity index (χ3v) is 7.17. The van der Waals surface area contributed by atoms with E-state index >= 15 is 4.39 Å². The molecule has 1 unspecified atom stereocenters. The van der Waals surface area contributed by atoms with Gasteiger partial charge in [-0.05, 0) is 48.7 Å². The number of rotatable bonds is 7. The number of hydrogen-bond donors (Lipinski definition) is 1. The van der Waals surface area contributed by atoms with Crippen molar-refractivity contribution in [2.45, 2.75) is 32.7 Å². The third kappa shape index (κ3) is 5.68. The number of aromatic hydroxyl groups is 1. The SMILES string of the molecule is C=CC(=O)N1CCN(/C(=N/C)c2cc(F)c(-c3c(O)cccc3F)nc2N(C=O)c2ccccc2C(C)C)C(C)C1. The van der Waals surface area contributed by atoms with Crippen molar-refractivity contribution in [3.05, 3.63) is 83.9 Å². The molecule has 1 N–H and O–H groups in total. The molecule has 1 aliphatic rings. The van der Waals surface area contributed by atoms with Gasteiger partial charge in [-0.15, -0.1) is 0 Å². The molecule has 0 saturated carbocycles. The van der Waals surface area contributed by atoms with Crippen LogP contribution < -0.4 is 4.90 Å². The van der Waals surface area contributed by atoms with Gasteiger partial charge in [0, 0.05) is 32.7 Å². The molecule has 4 rings (SSSR count). The van der Waals surface area contributed by atoms with Gasteiger partial charge in [-0.1, -0.05) is 44.7 Å². The van der Waals surface area contributed by atoms with Gasteiger partial charge in [-0.3, -0.25) is 19.5 Å². The summed E-state index contributed by atoms with van der Waals surface area (Å²) >= 11 is 0. The molecule has 2 heterocycles. The zero-order valence-corrected chi connectivity index (χ0v) is 23.5. The normalized spacial score (nSPS) is 15.7. The number of phenolic OH excluding ortho intramolecular Hbond substituents is 1. The number of halogens is 2. The topological polar surface area (TPSA) is 89.3 Å². The number of carbonyl (C=O) groups is 2. The van der Waals surface area contributed by atoms with E-state index in [1.165, 1.54) is 23.1 Å². The highest BCUT2D eigenvalue weighted by Gasteiger charge is 2.32. The molecule has 0 aliphatic carbocycles. The maximum absolute atomic E-state index is 15.8. The van der Waals surface area contributed by atoms with Crippen molar-refractivity contribution in [2.24, 2.45) is 4.99 Å². The number of amidine groups is 1. The number of aliphatic imine (C=N–C) groups is 1. The minimum atomic E-state index is -0.901. The van der Waals surface area contributed by atoms with E-state index in [0.717, 1.165) is 17.7 Å². The van der Waals surface area contributed by atoms with Gasteiger partial charge >= 0.3 is 0 Å². The number of piperazine rings is 1. The number of nitrogens with zero attached hydrogens (tertiary/aromatic N) is 5. The number of phenols is 1. The Labute approximate surface area is 238 Å². The van der Waals surface area contributed by atoms with Crippen LogP contribution in [0.2, 0.25) is 0 Å². The van der Waals surface area contributed by atoms with E-state index < -0.39 is 28.6 Å². The molecular weight excluding hydrogens is 528 g/mol. The number of amides is 2. The molecule has 41 heavy (non-hydrogen) atoms. The second kappa shape index (κ2) is 12.3. The summed E-state index contributed by atoms with van der Waals surface area (Å²) in [5.74, 6) is -2.05. The number of aromatic nitrogens is 1. The van der Waals surface area contributed by atoms with Crippen molar-refractivity contribution in [3.8, 4) is 17.0 Å². The summed E-state index contributed by atoms with van der Waals surface area (Å²) < 4.78 is 30.7. The van der Waals surface area contributed by atoms with Gasteiger partial charge in [-0.2, -0.15) is 0 Å². The molecule has 0 bridgehead atoms. The molecule has 2 amide bonds. The molecule has 1 atom stereocenters. The summed E-state index contributed by atoms with van der Waals surface area (Å²) in [6.45, 7) is 10.6. The van der Waals surface area contributed by atoms with E-state index in [1.807, 2.05) is 37.8 Å². The predicted molar refractivity (Wildman–Crippen MR) is 155 cm³/mol. The summed E-state index contributed by atoms with van der Waals surface area (Å²) in [5.41, 5.74) is 0.697. The van der Waals surface area contributed by atoms with Crippen LogP contribution >= 0.6 is 0 Å². The number of carbonyl (C=O) groups excluding carboxylic acids is 2. The smallest absolute Gasteiger partial charge is 0.246 e. The van der Waals surface area contributed by atoms with Crippen molar-refractivity contribution in [3.63, 3.8) is 0 Å². The van der Waals surface area contributed by atoms with Crippen molar-refractivity contribution in [1.29, 1.82) is 0 Å². The fourth-order valence-electron chi connectivity index (χ4n) is 5.17. The quantitative estimate of drug-likeness (QED) is 0.184. The Morgan fingerprint density at radius 3 is 2.51 bits per heavy atom. The van der Waals surface area contributed by atoms with Gasteiger partial charge < -0.3 is 14.9 Å². The van der Waals surface area contributed by atoms with Gasteiger partial charge in [0.2, 0.25) is 12.3 Å². The zero-order valence-electron chi connectivity index (χ0n) is 23.5. The predicted octanol–water partition coefficient (Wildman–Crippen LogP) is 5.25. The molecule has 1 fully saturated rings. The van der Waals surface area contributed by atoms with Crippen molar-refractivity contribution in [1.82, 2.24) is 14.8 Å². The Hall–Kier alpha value is -4.60. The van der Waals surface area contributed by atoms with Crippen LogP contribution in [0, 0.1) is 11.6 Å². The highest BCUT2D eigenvalue weighted by molar-refractivity contribution is 6.06. The molecule has 1 aromatic heterocycles. The van der Waals surface area contributed by atoms with Crippen LogP contribution in [-0.4, -0.2) is 70.8 Å². The van der Waals surface area contributed by atoms with Gasteiger partial charge in [0.15, 0.2) is 11.6 Å². The second-order valence-electron chi connectivity index (χ2n) is 10.1. The Morgan fingerprint density at radius 1 is 1.17 bits per heavy atom. The number of pyridine rings is 1. The average Bonchev–Trinajstić information content (AvgIpc) is 2.95. The fraction of sp³-hybridized carbons (Fsp3) is 0.290. The van der Waals surface area contributed by atoms with Crippen LogP contribution in [0.25, 0.3) is 11.3 Å². The Morgan fingerprint density at radius 2 is 1.90 bits per heavy atom. The first kappa shape index (κ1) is 29.4. The van der Waals surface area contributed by atoms with Gasteiger partial charge in [0.1, 0.15) is 23.1 Å². The lowest BCUT2D eigenvalue weighted by molar-refractivity contribution is -0.128. The summed E-state index contributed by atoms with van der Waals surface area (Å²) in [4.78, 5) is 38.8. The van der Waals surface area contributed by atoms with E-state index in [1.54, 1.807) is 24.1 Å². The first-order chi connectivity index (χ1) is 19.6. The Bertz CT molecular complexity index is 1490. The largest absolute Gasteiger partial charge is 0.507 e. The minimum Gasteiger partial charge on any atom is -0.507 e. The third-order valence-electron chi connectivity index (χ3n) is 7.17. The lowest BCUT2D eigenvalue weighted by atomic mass is 10.00. The average molecular weight is 562 g/mol. The Kier molecular flexibility index (Phi) is 8.80. The number of benzene rings is 2. The van der Waals surface area contributed by atoms with E-state index in [0.29, 0.717) is 37.6 Å². The number of hydrogen-bond acceptors (Lipinski definition) is 5. The van der Waals surface area contributed by atoms with Crippen LogP contribution in [0.15, 0.2) is 66.2 Å². The van der Waals surface area contributed by atoms with Crippen LogP contribution in [0.1, 0.15) is 37.8 Å². The molecule has 0 radical (unpaired) electrons. The zero-order chi connectivity index (χ0) is 29.8. The lowest BCUT2D eigenvalue weighted by Gasteiger charge is -2.41. The van der Waals surface area contributed by atoms with E-state index in [9.17, 15) is 19.1 Å². The molecule has 1 aliphatic heterocycles. The number of para-hydroxylation sites is 1. The maximum atomic E-state index is 15.8. The van der Waals surface area contributed by atoms with Crippen LogP contribution in [0.5, 0.6) is 5.75 Å². The number of anilines is 2. The molecule has 214 valence electrons. The maximum Gasteiger partial charge on any atom is 0.246 e. The standard InChI is InChI=1S/C31H33F2N5O3/c1-6-27(41)36-14-15-37(20(4)17-36)30(34-5)22-16-24(33)29(28-23(32)11-9-13-26(28)40)35-31(22)38(18-39)25-12-8-7-10-21(25)19(2)3/h6-13,16,18-20,40H,1,14-15,17H2,2-5H3/b34-30+. The molecule has 1 saturated heterocycles. The van der Waals surface area contributed by atoms with E-state index in [4.69, 9.17) is 0 Å². The highest BCUT2D eigenvalue weighted by Crippen LogP contribution is 2.38. The van der Waals surface area contributed by atoms with Crippen molar-refractivity contribution >= 4 is 29.7 Å². The van der Waals surface area contributed by atoms with Crippen LogP contribution in [0.4, 0.5) is 20.3 Å². The second-order valence-corrected chi connectivity index (χ2v) is 10.1. The Balaban J connectivity index is 1.95. The minimum absolute atomic E-state index is 0.0181. The summed E-state index contributed by atoms with van der Waals surface area (Å²) in [6.07, 6.45) is 1.84. The van der Waals surface area contributed by atoms with Gasteiger partial charge in [-0.25, -0.2) is 13.8 Å². The molecular formula is C31H33F2N5O3. The fourth-order valence-corrected chi connectivity index (χ4v) is 5.17. The lowest BCUT2D eigenvalue weighted by Crippen LogP contribution is -2.55. The van der Waals surface area contributed by atoms with Crippen molar-refractivity contribution in [2.75, 3.05) is 31.6 Å².